The van der Waals surface area contributed by atoms with E-state index in [0.29, 0.717) is 73.5 Å². The van der Waals surface area contributed by atoms with Gasteiger partial charge in [0.2, 0.25) is 0 Å². The lowest BCUT2D eigenvalue weighted by molar-refractivity contribution is -0.259. The highest BCUT2D eigenvalue weighted by atomic mass is 16.5. The lowest BCUT2D eigenvalue weighted by Crippen LogP contribution is -2.71. The molecule has 20 nitrogen and oxygen atoms in total. The van der Waals surface area contributed by atoms with Gasteiger partial charge in [0.1, 0.15) is 0 Å². The highest BCUT2D eigenvalue weighted by molar-refractivity contribution is 5.44. The van der Waals surface area contributed by atoms with Crippen molar-refractivity contribution in [2.45, 2.75) is 457 Å². The number of aliphatic hydroxyl groups is 18. The maximum Gasteiger partial charge on any atom is 0.0916 e. The summed E-state index contributed by atoms with van der Waals surface area (Å²) < 4.78 is 13.4. The molecule has 12 unspecified atom stereocenters. The first-order valence-corrected chi connectivity index (χ1v) is 56.5. The zero-order chi connectivity index (χ0) is 103. The summed E-state index contributed by atoms with van der Waals surface area (Å²) in [5.74, 6) is 3.34. The van der Waals surface area contributed by atoms with Gasteiger partial charge in [-0.15, -0.1) is 0 Å². The quantitative estimate of drug-likeness (QED) is 0.110. The largest absolute Gasteiger partial charge is 0.396 e. The van der Waals surface area contributed by atoms with Crippen molar-refractivity contribution in [3.8, 4) is 0 Å². The van der Waals surface area contributed by atoms with Crippen LogP contribution in [0.1, 0.15) is 360 Å². The van der Waals surface area contributed by atoms with Crippen LogP contribution >= 0.6 is 0 Å². The van der Waals surface area contributed by atoms with E-state index in [1.165, 1.54) is 35.1 Å². The van der Waals surface area contributed by atoms with Crippen LogP contribution in [0.3, 0.4) is 0 Å². The number of aliphatic hydroxyl groups excluding tert-OH is 18. The monoisotopic (exact) mass is 1960 g/mol. The van der Waals surface area contributed by atoms with Crippen LogP contribution in [0.5, 0.6) is 0 Å². The van der Waals surface area contributed by atoms with Crippen LogP contribution in [0.15, 0.2) is 46.6 Å². The number of allylic oxidation sites excluding steroid dienone is 8. The van der Waals surface area contributed by atoms with Crippen molar-refractivity contribution in [1.29, 1.82) is 0 Å². The predicted octanol–water partition coefficient (Wildman–Crippen LogP) is 16.3. The third kappa shape index (κ3) is 12.8. The van der Waals surface area contributed by atoms with Crippen molar-refractivity contribution in [3.05, 3.63) is 46.6 Å². The Labute approximate surface area is 841 Å². The van der Waals surface area contributed by atoms with Crippen LogP contribution in [-0.2, 0) is 9.47 Å². The standard InChI is InChI=1S/C30H50O6.C30H48O5.C30H50O5.C30H48O4/c1-25(2)13-18-17-7-8-20-26(3)11-10-21(33)27(4,15-31)19(26)9-12-28(20,5)29(17,6)14-22(34)30(18,16-32)24(36)23(25)35;1-25(2)13-18-17-7-8-20-26(3)11-10-21(33)27(4,15-31)19(26)9-12-28(20,5)29(17,6)14-22-30(18,16-32)23(34)24(25)35-22;1-25(2)14-18-17-8-9-20-27(5)12-11-21(32)26(3,4)19(27)10-13-28(20,6)29(17,7)15-22(33)30(18,16-31)24(35)23(25)34;1-25(2)14-18-17-8-9-20-27(5)12-11-21(32)26(3,4)19(27)10-13-28(20,6)29(17,7)15-22-30(18,16-31)23(33)24(25)34-22/h7,18-24,31-36H,8-16H2,1-6H3;7,18-24,31-34H,8-16H2,1-6H3;8,18-24,31-35H,9-16H2,1-7H3;8,18-24,31-33H,9-16H2,1-7H3/t18?,19?,20?,21-,22+,23-,24-,26-,27+,28+,29+,30-;18?,19?,20?,21-,22+,23-,24+,26-,27+,28+,29+,30-;18?,19?,20?,21-,22+,23-,24-,27-,28+,29+,30-;18?,19?,20?,21-,22+,23-,24+,27-,28+,29+,30-/m0000/s1. The second kappa shape index (κ2) is 32.9. The highest BCUT2D eigenvalue weighted by Crippen LogP contribution is 2.84. The molecule has 16 saturated carbocycles. The maximum atomic E-state index is 11.8. The summed E-state index contributed by atoms with van der Waals surface area (Å²) in [6, 6.07) is 0. The van der Waals surface area contributed by atoms with Crippen LogP contribution in [0.25, 0.3) is 0 Å². The topological polar surface area (TPSA) is 383 Å². The van der Waals surface area contributed by atoms with Gasteiger partial charge in [-0.2, -0.15) is 0 Å². The summed E-state index contributed by atoms with van der Waals surface area (Å²) >= 11 is 0. The molecule has 140 heavy (non-hydrogen) atoms. The van der Waals surface area contributed by atoms with E-state index < -0.39 is 104 Å². The number of fused-ring (bicyclic) bond motifs is 28. The zero-order valence-corrected chi connectivity index (χ0v) is 91.4. The third-order valence-electron chi connectivity index (χ3n) is 54.4. The van der Waals surface area contributed by atoms with Crippen LogP contribution in [-0.4, -0.2) is 229 Å². The molecule has 0 amide bonds. The Morgan fingerprint density at radius 1 is 0.236 bits per heavy atom. The number of ether oxygens (including phenoxy) is 2. The van der Waals surface area contributed by atoms with Gasteiger partial charge in [0.15, 0.2) is 0 Å². The molecule has 4 bridgehead atoms. The van der Waals surface area contributed by atoms with E-state index in [-0.39, 0.29) is 192 Å². The second-order valence-corrected chi connectivity index (χ2v) is 61.0. The van der Waals surface area contributed by atoms with Crippen molar-refractivity contribution in [2.24, 2.45) is 201 Å². The Hall–Kier alpha value is -1.84. The van der Waals surface area contributed by atoms with E-state index in [1.807, 2.05) is 27.7 Å². The predicted molar refractivity (Wildman–Crippen MR) is 541 cm³/mol. The van der Waals surface area contributed by atoms with Gasteiger partial charge in [0.25, 0.3) is 0 Å². The van der Waals surface area contributed by atoms with Crippen LogP contribution in [0.4, 0.5) is 0 Å². The van der Waals surface area contributed by atoms with Crippen LogP contribution in [0, 0.1) is 201 Å². The average Bonchev–Trinajstić information content (AvgIpc) is 0.972. The van der Waals surface area contributed by atoms with E-state index in [0.717, 1.165) is 135 Å². The highest BCUT2D eigenvalue weighted by Gasteiger charge is 2.82. The van der Waals surface area contributed by atoms with Gasteiger partial charge < -0.3 is 101 Å². The first-order chi connectivity index (χ1) is 64.6. The van der Waals surface area contributed by atoms with Crippen molar-refractivity contribution in [1.82, 2.24) is 0 Å². The molecule has 2 heterocycles. The van der Waals surface area contributed by atoms with E-state index in [2.05, 4.69) is 177 Å². The minimum atomic E-state index is -1.19. The maximum absolute atomic E-state index is 11.8. The Bertz CT molecular complexity index is 4890. The molecule has 0 aromatic carbocycles. The van der Waals surface area contributed by atoms with Crippen LogP contribution < -0.4 is 0 Å². The van der Waals surface area contributed by atoms with Gasteiger partial charge in [0, 0.05) is 10.8 Å². The SMILES string of the molecule is CC1(C)CC2C3=CCC4[C@@]5(C)CC[C@H](O)C(C)(C)C5CC[C@@]4(C)[C@]3(C)C[C@@H](O)[C@@]2(CO)[C@@H](O)[C@@H]1O.CC1(C)CC2C3=CCC4[C@@]5(C)CC[C@H](O)C(C)(C)C5CC[C@@]4(C)[C@]3(C)C[C@H]3O[C@@H]1[C@H](O)[C@@]23CO.CC1(C)CC2C3=CCC4[C@@]5(C)CC[C@H](O)[C@](C)(CO)C5CC[C@@]4(C)[C@]3(C)C[C@@H](O)[C@@]2(CO)[C@@H](O)[C@@H]1O.CC1(C)CC2C3=CCC4[C@@]5(C)CC[C@H](O)[C@](C)(CO)C5CC[C@@]4(C)[C@]3(C)C[C@H]3O[C@@H]1[C@H](O)[C@@]23CO. The number of hydrogen-bond donors (Lipinski definition) is 18. The fourth-order valence-electron chi connectivity index (χ4n) is 44.7. The molecule has 0 aromatic heterocycles. The summed E-state index contributed by atoms with van der Waals surface area (Å²) in [5, 5.41) is 199. The van der Waals surface area contributed by atoms with Crippen molar-refractivity contribution in [2.75, 3.05) is 39.6 Å². The van der Waals surface area contributed by atoms with E-state index in [9.17, 15) is 91.9 Å². The first kappa shape index (κ1) is 107. The molecule has 46 atom stereocenters. The minimum absolute atomic E-state index is 0.00708. The molecule has 20 heteroatoms. The fourth-order valence-corrected chi connectivity index (χ4v) is 44.7. The molecule has 796 valence electrons. The third-order valence-corrected chi connectivity index (χ3v) is 54.4. The Morgan fingerprint density at radius 2 is 0.479 bits per heavy atom. The molecule has 2 aliphatic heterocycles. The molecule has 0 radical (unpaired) electrons. The van der Waals surface area contributed by atoms with Gasteiger partial charge >= 0.3 is 0 Å². The van der Waals surface area contributed by atoms with Gasteiger partial charge in [-0.25, -0.2) is 0 Å². The van der Waals surface area contributed by atoms with Crippen molar-refractivity contribution >= 4 is 0 Å². The molecule has 18 fully saturated rings. The number of rotatable bonds is 6. The molecule has 22 aliphatic rings. The fraction of sp³-hybridized carbons (Fsp3) is 0.933. The second-order valence-electron chi connectivity index (χ2n) is 61.0. The van der Waals surface area contributed by atoms with Gasteiger partial charge in [-0.3, -0.25) is 0 Å². The molecule has 2 saturated heterocycles. The minimum Gasteiger partial charge on any atom is -0.396 e. The summed E-state index contributed by atoms with van der Waals surface area (Å²) in [6.07, 6.45) is 26.1. The van der Waals surface area contributed by atoms with Gasteiger partial charge in [-0.05, 0) is 348 Å². The summed E-state index contributed by atoms with van der Waals surface area (Å²) in [7, 11) is 0. The Balaban J connectivity index is 0.000000119. The average molecular weight is 1960 g/mol. The summed E-state index contributed by atoms with van der Waals surface area (Å²) in [4.78, 5) is 0. The number of hydrogen-bond acceptors (Lipinski definition) is 20. The smallest absolute Gasteiger partial charge is 0.0916 e. The van der Waals surface area contributed by atoms with Crippen molar-refractivity contribution in [3.63, 3.8) is 0 Å². The molecule has 20 aliphatic carbocycles. The Kier molecular flexibility index (Phi) is 25.0. The molecule has 18 N–H and O–H groups in total. The Morgan fingerprint density at radius 3 is 0.750 bits per heavy atom. The normalized spacial score (nSPS) is 58.5. The van der Waals surface area contributed by atoms with E-state index in [1.54, 1.807) is 0 Å². The zero-order valence-electron chi connectivity index (χ0n) is 91.4. The molecule has 22 rings (SSSR count). The lowest BCUT2D eigenvalue weighted by Gasteiger charge is -2.72. The van der Waals surface area contributed by atoms with Crippen molar-refractivity contribution < 1.29 is 101 Å². The lowest BCUT2D eigenvalue weighted by atomic mass is 9.33. The summed E-state index contributed by atoms with van der Waals surface area (Å²) in [5.41, 5.74) is -0.379. The van der Waals surface area contributed by atoms with Crippen LogP contribution in [0.2, 0.25) is 0 Å². The summed E-state index contributed by atoms with van der Waals surface area (Å²) in [6.45, 7) is 58.9. The first-order valence-electron chi connectivity index (χ1n) is 56.5. The molecular formula is C120H196O20. The van der Waals surface area contributed by atoms with E-state index >= 15 is 0 Å². The van der Waals surface area contributed by atoms with Gasteiger partial charge in [0.05, 0.1) is 159 Å². The molecule has 0 aromatic rings. The molecule has 0 spiro atoms. The van der Waals surface area contributed by atoms with E-state index in [4.69, 9.17) is 9.47 Å². The molecular weight excluding hydrogens is 1760 g/mol. The van der Waals surface area contributed by atoms with Gasteiger partial charge in [-0.1, -0.05) is 227 Å².